The molecule has 0 aromatic carbocycles. The van der Waals surface area contributed by atoms with Crippen LogP contribution in [0.3, 0.4) is 0 Å². The highest BCUT2D eigenvalue weighted by atomic mass is 16.5. The number of ether oxygens (including phenoxy) is 1. The average molecular weight is 263 g/mol. The number of aromatic nitrogens is 1. The van der Waals surface area contributed by atoms with Gasteiger partial charge in [-0.15, -0.1) is 0 Å². The molecule has 1 heterocycles. The van der Waals surface area contributed by atoms with Crippen LogP contribution in [0.1, 0.15) is 49.8 Å². The molecule has 1 saturated carbocycles. The number of pyridine rings is 1. The molecule has 1 aliphatic carbocycles. The Labute approximate surface area is 115 Å². The van der Waals surface area contributed by atoms with E-state index in [-0.39, 0.29) is 11.6 Å². The monoisotopic (exact) mass is 263 g/mol. The van der Waals surface area contributed by atoms with E-state index < -0.39 is 0 Å². The van der Waals surface area contributed by atoms with Gasteiger partial charge >= 0.3 is 0 Å². The maximum atomic E-state index is 5.94. The number of rotatable bonds is 4. The summed E-state index contributed by atoms with van der Waals surface area (Å²) in [5, 5.41) is 0. The summed E-state index contributed by atoms with van der Waals surface area (Å²) >= 11 is 0. The van der Waals surface area contributed by atoms with E-state index in [0.29, 0.717) is 5.92 Å². The van der Waals surface area contributed by atoms with Gasteiger partial charge in [0, 0.05) is 19.5 Å². The summed E-state index contributed by atoms with van der Waals surface area (Å²) in [7, 11) is 1.80. The zero-order valence-electron chi connectivity index (χ0n) is 12.1. The average Bonchev–Trinajstić information content (AvgIpc) is 2.42. The van der Waals surface area contributed by atoms with Crippen molar-refractivity contribution in [2.75, 3.05) is 7.11 Å². The maximum Gasteiger partial charge on any atom is 0.0888 e. The van der Waals surface area contributed by atoms with Crippen molar-refractivity contribution < 1.29 is 4.74 Å². The van der Waals surface area contributed by atoms with E-state index in [2.05, 4.69) is 24.3 Å². The number of methoxy groups -OCH3 is 1. The Morgan fingerprint density at radius 2 is 2.37 bits per heavy atom. The molecule has 1 aromatic heterocycles. The largest absolute Gasteiger partial charge is 0.376 e. The first-order valence-electron chi connectivity index (χ1n) is 7.05. The van der Waals surface area contributed by atoms with Crippen LogP contribution in [0.15, 0.2) is 18.5 Å². The molecule has 0 bridgehead atoms. The first-order valence-corrected chi connectivity index (χ1v) is 7.05. The van der Waals surface area contributed by atoms with Crippen LogP contribution in [0.25, 0.3) is 0 Å². The molecule has 1 aromatic rings. The van der Waals surface area contributed by atoms with Gasteiger partial charge < -0.3 is 4.74 Å². The quantitative estimate of drug-likeness (QED) is 0.647. The molecule has 0 amide bonds. The molecule has 0 saturated heterocycles. The Morgan fingerprint density at radius 1 is 1.58 bits per heavy atom. The summed E-state index contributed by atoms with van der Waals surface area (Å²) < 4.78 is 5.94. The Morgan fingerprint density at radius 3 is 2.95 bits per heavy atom. The molecule has 106 valence electrons. The van der Waals surface area contributed by atoms with Crippen LogP contribution >= 0.6 is 0 Å². The molecular formula is C15H25N3O. The minimum atomic E-state index is -0.222. The molecule has 19 heavy (non-hydrogen) atoms. The molecule has 0 spiro atoms. The van der Waals surface area contributed by atoms with Gasteiger partial charge in [-0.25, -0.2) is 5.43 Å². The zero-order chi connectivity index (χ0) is 13.9. The molecule has 3 atom stereocenters. The number of hydrazine groups is 1. The number of nitrogens with zero attached hydrogens (tertiary/aromatic N) is 1. The van der Waals surface area contributed by atoms with E-state index >= 15 is 0 Å². The molecule has 2 rings (SSSR count). The molecule has 4 heteroatoms. The minimum Gasteiger partial charge on any atom is -0.376 e. The maximum absolute atomic E-state index is 5.94. The van der Waals surface area contributed by atoms with Crippen molar-refractivity contribution in [3.8, 4) is 0 Å². The standard InChI is InChI=1S/C15H25N3O/c1-11-5-4-7-15(9-11,19-3)14(18-16)13-10-17-8-6-12(13)2/h6,8,10-11,14,18H,4-5,7,9,16H2,1-3H3. The lowest BCUT2D eigenvalue weighted by molar-refractivity contribution is -0.0808. The third-order valence-electron chi connectivity index (χ3n) is 4.48. The van der Waals surface area contributed by atoms with Crippen molar-refractivity contribution in [2.45, 2.75) is 51.2 Å². The molecule has 1 fully saturated rings. The van der Waals surface area contributed by atoms with Gasteiger partial charge in [-0.3, -0.25) is 10.8 Å². The van der Waals surface area contributed by atoms with E-state index in [4.69, 9.17) is 10.6 Å². The van der Waals surface area contributed by atoms with Gasteiger partial charge in [0.05, 0.1) is 11.6 Å². The third kappa shape index (κ3) is 2.81. The lowest BCUT2D eigenvalue weighted by Gasteiger charge is -2.44. The number of hydrogen-bond acceptors (Lipinski definition) is 4. The van der Waals surface area contributed by atoms with Crippen LogP contribution in [-0.2, 0) is 4.74 Å². The summed E-state index contributed by atoms with van der Waals surface area (Å²) in [5.41, 5.74) is 5.10. The van der Waals surface area contributed by atoms with E-state index in [0.717, 1.165) is 18.4 Å². The molecule has 1 aliphatic rings. The van der Waals surface area contributed by atoms with Gasteiger partial charge in [-0.2, -0.15) is 0 Å². The van der Waals surface area contributed by atoms with Crippen molar-refractivity contribution in [1.29, 1.82) is 0 Å². The first-order chi connectivity index (χ1) is 9.13. The number of nitrogens with two attached hydrogens (primary N) is 1. The Hall–Kier alpha value is -0.970. The van der Waals surface area contributed by atoms with Crippen LogP contribution in [0, 0.1) is 12.8 Å². The fraction of sp³-hybridized carbons (Fsp3) is 0.667. The number of hydrogen-bond donors (Lipinski definition) is 2. The normalized spacial score (nSPS) is 29.2. The van der Waals surface area contributed by atoms with Crippen molar-refractivity contribution >= 4 is 0 Å². The second-order valence-corrected chi connectivity index (χ2v) is 5.80. The highest BCUT2D eigenvalue weighted by molar-refractivity contribution is 5.28. The van der Waals surface area contributed by atoms with Crippen LogP contribution in [-0.4, -0.2) is 17.7 Å². The van der Waals surface area contributed by atoms with Crippen LogP contribution < -0.4 is 11.3 Å². The Balaban J connectivity index is 2.36. The molecule has 3 N–H and O–H groups in total. The fourth-order valence-electron chi connectivity index (χ4n) is 3.41. The highest BCUT2D eigenvalue weighted by Crippen LogP contribution is 2.43. The first kappa shape index (κ1) is 14.4. The van der Waals surface area contributed by atoms with Gasteiger partial charge in [0.1, 0.15) is 0 Å². The number of aryl methyl sites for hydroxylation is 1. The smallest absolute Gasteiger partial charge is 0.0888 e. The second-order valence-electron chi connectivity index (χ2n) is 5.80. The third-order valence-corrected chi connectivity index (χ3v) is 4.48. The van der Waals surface area contributed by atoms with Crippen LogP contribution in [0.5, 0.6) is 0 Å². The molecule has 0 radical (unpaired) electrons. The molecule has 4 nitrogen and oxygen atoms in total. The van der Waals surface area contributed by atoms with E-state index in [1.807, 2.05) is 18.5 Å². The highest BCUT2D eigenvalue weighted by Gasteiger charge is 2.43. The Bertz CT molecular complexity index is 424. The van der Waals surface area contributed by atoms with Crippen molar-refractivity contribution in [2.24, 2.45) is 11.8 Å². The van der Waals surface area contributed by atoms with Crippen LogP contribution in [0.2, 0.25) is 0 Å². The van der Waals surface area contributed by atoms with Crippen molar-refractivity contribution in [1.82, 2.24) is 10.4 Å². The molecular weight excluding hydrogens is 238 g/mol. The lowest BCUT2D eigenvalue weighted by Crippen LogP contribution is -2.50. The summed E-state index contributed by atoms with van der Waals surface area (Å²) in [5.74, 6) is 6.52. The predicted octanol–water partition coefficient (Wildman–Crippen LogP) is 2.49. The van der Waals surface area contributed by atoms with Gasteiger partial charge in [-0.1, -0.05) is 19.8 Å². The zero-order valence-corrected chi connectivity index (χ0v) is 12.1. The van der Waals surface area contributed by atoms with Gasteiger partial charge in [0.15, 0.2) is 0 Å². The molecule has 0 aliphatic heterocycles. The number of nitrogens with one attached hydrogen (secondary N) is 1. The summed E-state index contributed by atoms with van der Waals surface area (Å²) in [6.07, 6.45) is 8.25. The molecule has 3 unspecified atom stereocenters. The fourth-order valence-corrected chi connectivity index (χ4v) is 3.41. The minimum absolute atomic E-state index is 0.00560. The van der Waals surface area contributed by atoms with Gasteiger partial charge in [0.25, 0.3) is 0 Å². The van der Waals surface area contributed by atoms with Gasteiger partial charge in [0.2, 0.25) is 0 Å². The van der Waals surface area contributed by atoms with Crippen LogP contribution in [0.4, 0.5) is 0 Å². The summed E-state index contributed by atoms with van der Waals surface area (Å²) in [6, 6.07) is 2.02. The predicted molar refractivity (Wildman–Crippen MR) is 76.4 cm³/mol. The summed E-state index contributed by atoms with van der Waals surface area (Å²) in [6.45, 7) is 4.38. The summed E-state index contributed by atoms with van der Waals surface area (Å²) in [4.78, 5) is 4.24. The van der Waals surface area contributed by atoms with Gasteiger partial charge in [-0.05, 0) is 42.9 Å². The van der Waals surface area contributed by atoms with Crippen molar-refractivity contribution in [3.05, 3.63) is 29.6 Å². The van der Waals surface area contributed by atoms with E-state index in [1.54, 1.807) is 7.11 Å². The second kappa shape index (κ2) is 5.99. The van der Waals surface area contributed by atoms with E-state index in [9.17, 15) is 0 Å². The van der Waals surface area contributed by atoms with E-state index in [1.165, 1.54) is 18.4 Å². The van der Waals surface area contributed by atoms with Crippen molar-refractivity contribution in [3.63, 3.8) is 0 Å². The SMILES string of the molecule is COC1(C(NN)c2cnccc2C)CCCC(C)C1. The Kier molecular flexibility index (Phi) is 4.55. The topological polar surface area (TPSA) is 60.2 Å². The lowest BCUT2D eigenvalue weighted by atomic mass is 9.72.